The van der Waals surface area contributed by atoms with Crippen LogP contribution in [0, 0.1) is 11.8 Å². The Hall–Kier alpha value is -3.11. The molecule has 1 aliphatic rings. The van der Waals surface area contributed by atoms with Crippen LogP contribution in [0.1, 0.15) is 61.5 Å². The number of hydrogen-bond acceptors (Lipinski definition) is 10. The Balaban J connectivity index is 1.65. The highest BCUT2D eigenvalue weighted by Gasteiger charge is 2.44. The van der Waals surface area contributed by atoms with E-state index in [9.17, 15) is 9.90 Å². The minimum Gasteiger partial charge on any atom is -0.497 e. The first kappa shape index (κ1) is 39.3. The molecule has 2 aromatic rings. The standard InChI is InChI=1S/C37H54O10Si/c1-26(44-24-27-16-18-29(41-5)19-17-27)12-10-14-31(38)35-32(46-37(2,3)47-35)15-11-13-28-22-30(42-6)23-33(45-25-40-4)34(28)36(39)43-20-21-48(7,8)9/h16-19,22-23,26,31-32,35,38H,11-13,15,20-21,24-25H2,1-9H3/t26?,31?,32-,35?/m0/s1. The van der Waals surface area contributed by atoms with E-state index in [0.29, 0.717) is 56.0 Å². The minimum absolute atomic E-state index is 0.0295. The quantitative estimate of drug-likeness (QED) is 0.0821. The molecule has 266 valence electrons. The van der Waals surface area contributed by atoms with Gasteiger partial charge in [-0.15, -0.1) is 0 Å². The van der Waals surface area contributed by atoms with Crippen molar-refractivity contribution < 1.29 is 47.8 Å². The van der Waals surface area contributed by atoms with Crippen molar-refractivity contribution in [2.24, 2.45) is 0 Å². The molecule has 0 spiro atoms. The number of aliphatic hydroxyl groups excluding tert-OH is 1. The molecule has 48 heavy (non-hydrogen) atoms. The highest BCUT2D eigenvalue weighted by atomic mass is 28.3. The SMILES string of the molecule is COCOc1cc(OC)cc(CCC[C@@H]2OC(C)(C)OC2C(O)C#CCC(C)OCc2ccc(OC)cc2)c1C(=O)OCC[Si](C)(C)C. The lowest BCUT2D eigenvalue weighted by Crippen LogP contribution is -2.34. The summed E-state index contributed by atoms with van der Waals surface area (Å²) in [5.74, 6) is 6.38. The van der Waals surface area contributed by atoms with E-state index < -0.39 is 38.1 Å². The summed E-state index contributed by atoms with van der Waals surface area (Å²) in [7, 11) is 3.32. The Labute approximate surface area is 287 Å². The molecule has 0 saturated carbocycles. The maximum Gasteiger partial charge on any atom is 0.342 e. The molecule has 3 unspecified atom stereocenters. The van der Waals surface area contributed by atoms with Gasteiger partial charge >= 0.3 is 5.97 Å². The van der Waals surface area contributed by atoms with E-state index in [0.717, 1.165) is 22.9 Å². The second kappa shape index (κ2) is 18.6. The first-order valence-electron chi connectivity index (χ1n) is 16.5. The summed E-state index contributed by atoms with van der Waals surface area (Å²) in [6, 6.07) is 12.1. The largest absolute Gasteiger partial charge is 0.497 e. The van der Waals surface area contributed by atoms with Crippen molar-refractivity contribution in [3.05, 3.63) is 53.1 Å². The molecule has 0 aromatic heterocycles. The van der Waals surface area contributed by atoms with Crippen LogP contribution in [0.15, 0.2) is 36.4 Å². The van der Waals surface area contributed by atoms with Gasteiger partial charge in [-0.1, -0.05) is 43.6 Å². The number of aliphatic hydroxyl groups is 1. The number of methoxy groups -OCH3 is 3. The van der Waals surface area contributed by atoms with Crippen LogP contribution in [-0.2, 0) is 36.7 Å². The molecule has 1 aliphatic heterocycles. The smallest absolute Gasteiger partial charge is 0.342 e. The molecular weight excluding hydrogens is 632 g/mol. The molecule has 2 aromatic carbocycles. The van der Waals surface area contributed by atoms with E-state index in [-0.39, 0.29) is 12.9 Å². The number of esters is 1. The Morgan fingerprint density at radius 3 is 2.40 bits per heavy atom. The van der Waals surface area contributed by atoms with E-state index in [1.165, 1.54) is 7.11 Å². The van der Waals surface area contributed by atoms with E-state index in [4.69, 9.17) is 37.9 Å². The Kier molecular flexibility index (Phi) is 15.2. The van der Waals surface area contributed by atoms with Gasteiger partial charge in [0, 0.05) is 27.7 Å². The molecule has 4 atom stereocenters. The van der Waals surface area contributed by atoms with Crippen molar-refractivity contribution in [3.8, 4) is 29.1 Å². The third kappa shape index (κ3) is 12.7. The van der Waals surface area contributed by atoms with Crippen molar-refractivity contribution in [1.82, 2.24) is 0 Å². The van der Waals surface area contributed by atoms with Gasteiger partial charge in [0.25, 0.3) is 0 Å². The van der Waals surface area contributed by atoms with Crippen LogP contribution in [0.3, 0.4) is 0 Å². The van der Waals surface area contributed by atoms with Crippen LogP contribution in [0.5, 0.6) is 17.2 Å². The fraction of sp³-hybridized carbons (Fsp3) is 0.595. The Morgan fingerprint density at radius 2 is 1.75 bits per heavy atom. The van der Waals surface area contributed by atoms with Crippen LogP contribution in [-0.4, -0.2) is 84.1 Å². The van der Waals surface area contributed by atoms with Crippen LogP contribution in [0.4, 0.5) is 0 Å². The molecular formula is C37H54O10Si. The zero-order chi connectivity index (χ0) is 35.3. The summed E-state index contributed by atoms with van der Waals surface area (Å²) in [4.78, 5) is 13.4. The zero-order valence-corrected chi connectivity index (χ0v) is 31.1. The highest BCUT2D eigenvalue weighted by Crippen LogP contribution is 2.35. The van der Waals surface area contributed by atoms with E-state index in [1.807, 2.05) is 51.1 Å². The summed E-state index contributed by atoms with van der Waals surface area (Å²) in [6.45, 7) is 13.1. The van der Waals surface area contributed by atoms with Gasteiger partial charge in [-0.3, -0.25) is 0 Å². The maximum atomic E-state index is 13.4. The highest BCUT2D eigenvalue weighted by molar-refractivity contribution is 6.76. The van der Waals surface area contributed by atoms with Crippen molar-refractivity contribution in [1.29, 1.82) is 0 Å². The van der Waals surface area contributed by atoms with Gasteiger partial charge in [-0.05, 0) is 75.4 Å². The molecule has 0 aliphatic carbocycles. The van der Waals surface area contributed by atoms with Gasteiger partial charge in [-0.2, -0.15) is 0 Å². The predicted molar refractivity (Wildman–Crippen MR) is 186 cm³/mol. The van der Waals surface area contributed by atoms with Gasteiger partial charge in [0.15, 0.2) is 12.6 Å². The number of aryl methyl sites for hydroxylation is 1. The van der Waals surface area contributed by atoms with Gasteiger partial charge in [-0.25, -0.2) is 4.79 Å². The molecule has 1 heterocycles. The summed E-state index contributed by atoms with van der Waals surface area (Å²) >= 11 is 0. The van der Waals surface area contributed by atoms with Crippen molar-refractivity contribution >= 4 is 14.0 Å². The number of hydrogen-bond donors (Lipinski definition) is 1. The molecule has 0 radical (unpaired) electrons. The number of carbonyl (C=O) groups is 1. The fourth-order valence-corrected chi connectivity index (χ4v) is 5.92. The van der Waals surface area contributed by atoms with Gasteiger partial charge in [0.2, 0.25) is 0 Å². The van der Waals surface area contributed by atoms with E-state index >= 15 is 0 Å². The lowest BCUT2D eigenvalue weighted by Gasteiger charge is -2.20. The van der Waals surface area contributed by atoms with Crippen LogP contribution < -0.4 is 14.2 Å². The molecule has 1 fully saturated rings. The van der Waals surface area contributed by atoms with Crippen LogP contribution in [0.2, 0.25) is 25.7 Å². The van der Waals surface area contributed by atoms with E-state index in [2.05, 4.69) is 31.5 Å². The molecule has 1 saturated heterocycles. The molecule has 1 N–H and O–H groups in total. The van der Waals surface area contributed by atoms with E-state index in [1.54, 1.807) is 20.3 Å². The molecule has 10 nitrogen and oxygen atoms in total. The summed E-state index contributed by atoms with van der Waals surface area (Å²) in [6.07, 6.45) is -0.0707. The topological polar surface area (TPSA) is 111 Å². The predicted octanol–water partition coefficient (Wildman–Crippen LogP) is 6.38. The molecule has 11 heteroatoms. The first-order valence-corrected chi connectivity index (χ1v) is 20.2. The molecule has 3 rings (SSSR count). The Morgan fingerprint density at radius 1 is 1.04 bits per heavy atom. The average Bonchev–Trinajstić information content (AvgIpc) is 3.35. The van der Waals surface area contributed by atoms with Crippen LogP contribution in [0.25, 0.3) is 0 Å². The van der Waals surface area contributed by atoms with Gasteiger partial charge in [0.05, 0.1) is 39.6 Å². The second-order valence-electron chi connectivity index (χ2n) is 13.6. The zero-order valence-electron chi connectivity index (χ0n) is 30.1. The fourth-order valence-electron chi connectivity index (χ4n) is 5.21. The average molecular weight is 687 g/mol. The minimum atomic E-state index is -1.40. The number of benzene rings is 2. The van der Waals surface area contributed by atoms with Crippen molar-refractivity contribution in [2.45, 2.75) is 109 Å². The number of carbonyl (C=O) groups excluding carboxylic acids is 1. The van der Waals surface area contributed by atoms with Crippen LogP contribution >= 0.6 is 0 Å². The third-order valence-electron chi connectivity index (χ3n) is 7.82. The second-order valence-corrected chi connectivity index (χ2v) is 19.2. The monoisotopic (exact) mass is 686 g/mol. The van der Waals surface area contributed by atoms with Gasteiger partial charge < -0.3 is 43.0 Å². The molecule has 0 amide bonds. The summed E-state index contributed by atoms with van der Waals surface area (Å²) < 4.78 is 45.6. The molecule has 0 bridgehead atoms. The summed E-state index contributed by atoms with van der Waals surface area (Å²) in [5, 5.41) is 11.0. The van der Waals surface area contributed by atoms with Crippen molar-refractivity contribution in [3.63, 3.8) is 0 Å². The summed E-state index contributed by atoms with van der Waals surface area (Å²) in [5.41, 5.74) is 2.13. The first-order chi connectivity index (χ1) is 22.7. The number of ether oxygens (including phenoxy) is 8. The normalized spacial score (nSPS) is 18.4. The lowest BCUT2D eigenvalue weighted by atomic mass is 9.97. The third-order valence-corrected chi connectivity index (χ3v) is 9.52. The van der Waals surface area contributed by atoms with Crippen molar-refractivity contribution in [2.75, 3.05) is 34.7 Å². The lowest BCUT2D eigenvalue weighted by molar-refractivity contribution is -0.152. The Bertz CT molecular complexity index is 1360. The number of rotatable bonds is 18. The maximum absolute atomic E-state index is 13.4. The van der Waals surface area contributed by atoms with Gasteiger partial charge in [0.1, 0.15) is 35.0 Å².